The molecule has 58 heavy (non-hydrogen) atoms. The average Bonchev–Trinajstić information content (AvgIpc) is 3.97. The van der Waals surface area contributed by atoms with Crippen LogP contribution in [-0.4, -0.2) is 4.57 Å². The van der Waals surface area contributed by atoms with Gasteiger partial charge in [-0.2, -0.15) is 0 Å². The Morgan fingerprint density at radius 3 is 1.53 bits per heavy atom. The topological polar surface area (TPSA) is 34.5 Å². The maximum atomic E-state index is 6.63. The van der Waals surface area contributed by atoms with Crippen molar-refractivity contribution in [2.24, 2.45) is 0 Å². The Labute approximate surface area is 334 Å². The molecule has 3 aromatic heterocycles. The van der Waals surface area contributed by atoms with Crippen LogP contribution in [0.2, 0.25) is 0 Å². The summed E-state index contributed by atoms with van der Waals surface area (Å²) in [6, 6.07) is 73.1. The Morgan fingerprint density at radius 1 is 0.328 bits per heavy atom. The average molecular weight is 743 g/mol. The number of para-hydroxylation sites is 8. The van der Waals surface area contributed by atoms with Gasteiger partial charge in [-0.15, -0.1) is 0 Å². The number of hydrogen-bond donors (Lipinski definition) is 0. The molecule has 0 unspecified atom stereocenters. The van der Waals surface area contributed by atoms with Crippen LogP contribution in [0.4, 0.5) is 17.1 Å². The lowest BCUT2D eigenvalue weighted by Gasteiger charge is -2.28. The summed E-state index contributed by atoms with van der Waals surface area (Å²) in [5.74, 6) is 0. The van der Waals surface area contributed by atoms with E-state index in [1.54, 1.807) is 0 Å². The number of furan rings is 2. The maximum absolute atomic E-state index is 6.63. The molecule has 0 aliphatic carbocycles. The Hall–Kier alpha value is -7.82. The Bertz CT molecular complexity index is 3530. The molecule has 272 valence electrons. The van der Waals surface area contributed by atoms with Gasteiger partial charge in [0.2, 0.25) is 0 Å². The van der Waals surface area contributed by atoms with Gasteiger partial charge in [0.05, 0.1) is 28.1 Å². The molecular weight excluding hydrogens is 709 g/mol. The standard InChI is InChI=1S/C54H34N2O2/c1-2-17-35(18-3-1)55(45-28-9-4-19-36(45)40-24-14-26-42-38-21-7-12-33-50(38)57-53(40)42)48-31-16-32-49-52(48)44-23-6-11-30-47(44)56(49)46-29-10-5-20-37(46)41-25-15-27-43-39-22-8-13-34-51(39)58-54(41)43/h1-34H. The van der Waals surface area contributed by atoms with E-state index in [1.807, 2.05) is 24.3 Å². The van der Waals surface area contributed by atoms with Crippen molar-refractivity contribution >= 4 is 82.7 Å². The van der Waals surface area contributed by atoms with E-state index in [0.29, 0.717) is 0 Å². The van der Waals surface area contributed by atoms with Crippen molar-refractivity contribution < 1.29 is 8.83 Å². The molecule has 12 aromatic rings. The number of benzene rings is 9. The quantitative estimate of drug-likeness (QED) is 0.170. The van der Waals surface area contributed by atoms with Gasteiger partial charge in [-0.1, -0.05) is 152 Å². The molecule has 12 rings (SSSR count). The van der Waals surface area contributed by atoms with Crippen molar-refractivity contribution in [2.45, 2.75) is 0 Å². The molecule has 0 aliphatic heterocycles. The predicted octanol–water partition coefficient (Wildman–Crippen LogP) is 15.4. The zero-order valence-corrected chi connectivity index (χ0v) is 31.3. The van der Waals surface area contributed by atoms with Crippen LogP contribution in [0.15, 0.2) is 215 Å². The highest BCUT2D eigenvalue weighted by molar-refractivity contribution is 6.18. The number of fused-ring (bicyclic) bond motifs is 9. The molecule has 0 aliphatic rings. The van der Waals surface area contributed by atoms with E-state index in [1.165, 1.54) is 5.39 Å². The van der Waals surface area contributed by atoms with E-state index < -0.39 is 0 Å². The highest BCUT2D eigenvalue weighted by Gasteiger charge is 2.25. The summed E-state index contributed by atoms with van der Waals surface area (Å²) in [4.78, 5) is 2.41. The number of rotatable bonds is 6. The fourth-order valence-electron chi connectivity index (χ4n) is 9.14. The SMILES string of the molecule is c1ccc(N(c2ccccc2-c2cccc3c2oc2ccccc23)c2cccc3c2c2ccccc2n3-c2ccccc2-c2cccc3c2oc2ccccc23)cc1. The fourth-order valence-corrected chi connectivity index (χ4v) is 9.14. The monoisotopic (exact) mass is 742 g/mol. The predicted molar refractivity (Wildman–Crippen MR) is 241 cm³/mol. The van der Waals surface area contributed by atoms with Gasteiger partial charge in [-0.05, 0) is 54.6 Å². The van der Waals surface area contributed by atoms with Crippen molar-refractivity contribution in [3.8, 4) is 27.9 Å². The van der Waals surface area contributed by atoms with Crippen molar-refractivity contribution in [3.05, 3.63) is 206 Å². The third-order valence-corrected chi connectivity index (χ3v) is 11.6. The van der Waals surface area contributed by atoms with Gasteiger partial charge in [-0.3, -0.25) is 0 Å². The highest BCUT2D eigenvalue weighted by atomic mass is 16.3. The van der Waals surface area contributed by atoms with Crippen LogP contribution in [0.3, 0.4) is 0 Å². The summed E-state index contributed by atoms with van der Waals surface area (Å²) in [7, 11) is 0. The molecule has 4 nitrogen and oxygen atoms in total. The molecule has 0 N–H and O–H groups in total. The minimum atomic E-state index is 0.884. The number of anilines is 3. The van der Waals surface area contributed by atoms with Crippen LogP contribution in [-0.2, 0) is 0 Å². The summed E-state index contributed by atoms with van der Waals surface area (Å²) in [6.07, 6.45) is 0. The second-order valence-electron chi connectivity index (χ2n) is 14.8. The van der Waals surface area contributed by atoms with Gasteiger partial charge in [0.1, 0.15) is 22.3 Å². The van der Waals surface area contributed by atoms with Crippen LogP contribution in [0, 0.1) is 0 Å². The largest absolute Gasteiger partial charge is 0.455 e. The zero-order chi connectivity index (χ0) is 38.2. The first-order valence-corrected chi connectivity index (χ1v) is 19.7. The second kappa shape index (κ2) is 12.9. The van der Waals surface area contributed by atoms with E-state index in [0.717, 1.165) is 105 Å². The molecule has 0 saturated heterocycles. The Balaban J connectivity index is 1.13. The third kappa shape index (κ3) is 4.82. The van der Waals surface area contributed by atoms with Crippen LogP contribution in [0.5, 0.6) is 0 Å². The number of aromatic nitrogens is 1. The molecule has 0 atom stereocenters. The van der Waals surface area contributed by atoms with Crippen LogP contribution in [0.25, 0.3) is 93.6 Å². The third-order valence-electron chi connectivity index (χ3n) is 11.6. The minimum Gasteiger partial charge on any atom is -0.455 e. The smallest absolute Gasteiger partial charge is 0.143 e. The molecule has 0 spiro atoms. The first-order chi connectivity index (χ1) is 28.8. The molecule has 9 aromatic carbocycles. The summed E-state index contributed by atoms with van der Waals surface area (Å²) < 4.78 is 15.7. The molecule has 3 heterocycles. The zero-order valence-electron chi connectivity index (χ0n) is 31.3. The van der Waals surface area contributed by atoms with E-state index in [4.69, 9.17) is 8.83 Å². The minimum absolute atomic E-state index is 0.884. The highest BCUT2D eigenvalue weighted by Crippen LogP contribution is 2.49. The maximum Gasteiger partial charge on any atom is 0.143 e. The van der Waals surface area contributed by atoms with Crippen LogP contribution < -0.4 is 4.90 Å². The first-order valence-electron chi connectivity index (χ1n) is 19.7. The van der Waals surface area contributed by atoms with Gasteiger partial charge < -0.3 is 18.3 Å². The van der Waals surface area contributed by atoms with E-state index in [9.17, 15) is 0 Å². The molecule has 0 saturated carbocycles. The van der Waals surface area contributed by atoms with Crippen molar-refractivity contribution in [2.75, 3.05) is 4.90 Å². The summed E-state index contributed by atoms with van der Waals surface area (Å²) in [5, 5.41) is 6.79. The van der Waals surface area contributed by atoms with Gasteiger partial charge in [0.25, 0.3) is 0 Å². The summed E-state index contributed by atoms with van der Waals surface area (Å²) in [6.45, 7) is 0. The molecule has 4 heteroatoms. The lowest BCUT2D eigenvalue weighted by Crippen LogP contribution is -2.11. The van der Waals surface area contributed by atoms with Crippen LogP contribution in [0.1, 0.15) is 0 Å². The molecule has 0 radical (unpaired) electrons. The van der Waals surface area contributed by atoms with Gasteiger partial charge in [-0.25, -0.2) is 0 Å². The van der Waals surface area contributed by atoms with E-state index in [-0.39, 0.29) is 0 Å². The first kappa shape index (κ1) is 32.4. The van der Waals surface area contributed by atoms with Crippen LogP contribution >= 0.6 is 0 Å². The van der Waals surface area contributed by atoms with Gasteiger partial charge in [0, 0.05) is 60.3 Å². The summed E-state index contributed by atoms with van der Waals surface area (Å²) in [5.41, 5.74) is 14.4. The fraction of sp³-hybridized carbons (Fsp3) is 0. The molecule has 0 fully saturated rings. The number of hydrogen-bond acceptors (Lipinski definition) is 3. The van der Waals surface area contributed by atoms with Crippen molar-refractivity contribution in [1.29, 1.82) is 0 Å². The van der Waals surface area contributed by atoms with Crippen molar-refractivity contribution in [3.63, 3.8) is 0 Å². The Morgan fingerprint density at radius 2 is 0.810 bits per heavy atom. The molecule has 0 amide bonds. The number of nitrogens with zero attached hydrogens (tertiary/aromatic N) is 2. The lowest BCUT2D eigenvalue weighted by molar-refractivity contribution is 0.669. The van der Waals surface area contributed by atoms with E-state index >= 15 is 0 Å². The van der Waals surface area contributed by atoms with Gasteiger partial charge >= 0.3 is 0 Å². The summed E-state index contributed by atoms with van der Waals surface area (Å²) >= 11 is 0. The lowest BCUT2D eigenvalue weighted by atomic mass is 9.98. The molecular formula is C54H34N2O2. The second-order valence-corrected chi connectivity index (χ2v) is 14.8. The molecule has 0 bridgehead atoms. The van der Waals surface area contributed by atoms with Gasteiger partial charge in [0.15, 0.2) is 0 Å². The van der Waals surface area contributed by atoms with E-state index in [2.05, 4.69) is 191 Å². The van der Waals surface area contributed by atoms with Crippen molar-refractivity contribution in [1.82, 2.24) is 4.57 Å². The normalized spacial score (nSPS) is 11.8. The Kier molecular flexibility index (Phi) is 7.20.